The minimum Gasteiger partial charge on any atom is -0.449 e. The van der Waals surface area contributed by atoms with Crippen LogP contribution >= 0.6 is 15.9 Å². The Labute approximate surface area is 101 Å². The molecular formula is C10H9BrN2O3. The number of ether oxygens (including phenoxy) is 1. The molecule has 1 aliphatic heterocycles. The molecule has 84 valence electrons. The monoisotopic (exact) mass is 284 g/mol. The van der Waals surface area contributed by atoms with Crippen LogP contribution in [0.5, 0.6) is 0 Å². The van der Waals surface area contributed by atoms with Gasteiger partial charge in [-0.05, 0) is 28.9 Å². The maximum absolute atomic E-state index is 11.6. The first-order valence-electron chi connectivity index (χ1n) is 4.77. The summed E-state index contributed by atoms with van der Waals surface area (Å²) in [6.45, 7) is 1.93. The number of imide groups is 1. The Morgan fingerprint density at radius 2 is 2.44 bits per heavy atom. The van der Waals surface area contributed by atoms with E-state index in [1.54, 1.807) is 19.2 Å². The largest absolute Gasteiger partial charge is 0.449 e. The van der Waals surface area contributed by atoms with Crippen molar-refractivity contribution in [1.29, 1.82) is 0 Å². The van der Waals surface area contributed by atoms with Crippen molar-refractivity contribution in [3.63, 3.8) is 0 Å². The van der Waals surface area contributed by atoms with Crippen LogP contribution in [0.3, 0.4) is 0 Å². The van der Waals surface area contributed by atoms with Crippen LogP contribution in [0, 0.1) is 0 Å². The van der Waals surface area contributed by atoms with Crippen LogP contribution in [0.25, 0.3) is 0 Å². The molecule has 0 bridgehead atoms. The summed E-state index contributed by atoms with van der Waals surface area (Å²) in [5.41, 5.74) is 1.10. The quantitative estimate of drug-likeness (QED) is 0.790. The normalized spacial score (nSPS) is 13.9. The Morgan fingerprint density at radius 3 is 3.12 bits per heavy atom. The van der Waals surface area contributed by atoms with Crippen LogP contribution in [-0.2, 0) is 16.0 Å². The van der Waals surface area contributed by atoms with Crippen molar-refractivity contribution < 1.29 is 14.3 Å². The fourth-order valence-corrected chi connectivity index (χ4v) is 1.85. The lowest BCUT2D eigenvalue weighted by Gasteiger charge is -2.14. The molecule has 1 aromatic rings. The summed E-state index contributed by atoms with van der Waals surface area (Å²) in [5, 5.41) is 0. The Hall–Kier alpha value is -1.43. The summed E-state index contributed by atoms with van der Waals surface area (Å²) >= 11 is 3.25. The van der Waals surface area contributed by atoms with Crippen molar-refractivity contribution in [2.45, 2.75) is 13.3 Å². The summed E-state index contributed by atoms with van der Waals surface area (Å²) in [6, 6.07) is 1.68. The molecule has 0 unspecified atom stereocenters. The molecular weight excluding hydrogens is 276 g/mol. The highest BCUT2D eigenvalue weighted by Crippen LogP contribution is 2.30. The van der Waals surface area contributed by atoms with Crippen LogP contribution in [0.2, 0.25) is 0 Å². The van der Waals surface area contributed by atoms with Gasteiger partial charge in [0.2, 0.25) is 5.91 Å². The van der Waals surface area contributed by atoms with E-state index < -0.39 is 6.09 Å². The second kappa shape index (κ2) is 4.21. The maximum atomic E-state index is 11.6. The Bertz CT molecular complexity index is 461. The number of nitrogens with zero attached hydrogens (tertiary/aromatic N) is 2. The number of amides is 2. The number of rotatable bonds is 1. The van der Waals surface area contributed by atoms with Crippen LogP contribution in [0.15, 0.2) is 16.7 Å². The SMILES string of the molecule is CCOC(=O)N1C(=O)Cc2ncc(Br)cc21. The lowest BCUT2D eigenvalue weighted by molar-refractivity contribution is -0.117. The van der Waals surface area contributed by atoms with Crippen molar-refractivity contribution in [3.8, 4) is 0 Å². The molecule has 0 atom stereocenters. The molecule has 2 amide bonds. The smallest absolute Gasteiger partial charge is 0.421 e. The van der Waals surface area contributed by atoms with Crippen molar-refractivity contribution in [2.75, 3.05) is 11.5 Å². The van der Waals surface area contributed by atoms with Crippen LogP contribution < -0.4 is 4.90 Å². The van der Waals surface area contributed by atoms with Gasteiger partial charge in [0.25, 0.3) is 0 Å². The number of carbonyl (C=O) groups excluding carboxylic acids is 2. The lowest BCUT2D eigenvalue weighted by atomic mass is 10.3. The van der Waals surface area contributed by atoms with E-state index in [2.05, 4.69) is 20.9 Å². The topological polar surface area (TPSA) is 59.5 Å². The van der Waals surface area contributed by atoms with Gasteiger partial charge in [-0.2, -0.15) is 0 Å². The van der Waals surface area contributed by atoms with Crippen molar-refractivity contribution in [1.82, 2.24) is 4.98 Å². The van der Waals surface area contributed by atoms with E-state index in [-0.39, 0.29) is 18.9 Å². The van der Waals surface area contributed by atoms with Gasteiger partial charge in [-0.15, -0.1) is 0 Å². The number of carbonyl (C=O) groups is 2. The summed E-state index contributed by atoms with van der Waals surface area (Å²) < 4.78 is 5.53. The number of halogens is 1. The molecule has 0 saturated heterocycles. The number of pyridine rings is 1. The second-order valence-electron chi connectivity index (χ2n) is 3.22. The van der Waals surface area contributed by atoms with E-state index in [9.17, 15) is 9.59 Å². The summed E-state index contributed by atoms with van der Waals surface area (Å²) in [6.07, 6.45) is 1.09. The van der Waals surface area contributed by atoms with E-state index >= 15 is 0 Å². The maximum Gasteiger partial charge on any atom is 0.421 e. The van der Waals surface area contributed by atoms with Crippen molar-refractivity contribution in [2.24, 2.45) is 0 Å². The average Bonchev–Trinajstić information content (AvgIpc) is 2.53. The van der Waals surface area contributed by atoms with Gasteiger partial charge in [0, 0.05) is 10.7 Å². The van der Waals surface area contributed by atoms with Crippen molar-refractivity contribution >= 4 is 33.6 Å². The van der Waals surface area contributed by atoms with E-state index in [0.717, 1.165) is 9.37 Å². The number of anilines is 1. The van der Waals surface area contributed by atoms with E-state index in [0.29, 0.717) is 11.4 Å². The van der Waals surface area contributed by atoms with E-state index in [4.69, 9.17) is 4.74 Å². The zero-order chi connectivity index (χ0) is 11.7. The third-order valence-corrected chi connectivity index (χ3v) is 2.61. The molecule has 0 aromatic carbocycles. The van der Waals surface area contributed by atoms with Crippen LogP contribution in [0.1, 0.15) is 12.6 Å². The molecule has 16 heavy (non-hydrogen) atoms. The fraction of sp³-hybridized carbons (Fsp3) is 0.300. The summed E-state index contributed by atoms with van der Waals surface area (Å²) in [4.78, 5) is 28.3. The third kappa shape index (κ3) is 1.80. The molecule has 2 heterocycles. The van der Waals surface area contributed by atoms with Gasteiger partial charge in [0.05, 0.1) is 24.4 Å². The minimum absolute atomic E-state index is 0.140. The highest BCUT2D eigenvalue weighted by molar-refractivity contribution is 9.10. The molecule has 2 rings (SSSR count). The van der Waals surface area contributed by atoms with Gasteiger partial charge in [0.1, 0.15) is 0 Å². The molecule has 5 nitrogen and oxygen atoms in total. The predicted octanol–water partition coefficient (Wildman–Crippen LogP) is 1.89. The number of hydrogen-bond donors (Lipinski definition) is 0. The van der Waals surface area contributed by atoms with Crippen LogP contribution in [0.4, 0.5) is 10.5 Å². The van der Waals surface area contributed by atoms with Gasteiger partial charge in [-0.1, -0.05) is 0 Å². The highest BCUT2D eigenvalue weighted by Gasteiger charge is 2.34. The molecule has 0 aliphatic carbocycles. The zero-order valence-corrected chi connectivity index (χ0v) is 10.2. The lowest BCUT2D eigenvalue weighted by Crippen LogP contribution is -2.34. The first kappa shape index (κ1) is 11.1. The fourth-order valence-electron chi connectivity index (χ4n) is 1.53. The second-order valence-corrected chi connectivity index (χ2v) is 4.14. The van der Waals surface area contributed by atoms with Gasteiger partial charge < -0.3 is 4.74 Å². The average molecular weight is 285 g/mol. The third-order valence-electron chi connectivity index (χ3n) is 2.17. The van der Waals surface area contributed by atoms with Gasteiger partial charge in [-0.3, -0.25) is 9.78 Å². The van der Waals surface area contributed by atoms with E-state index in [1.165, 1.54) is 0 Å². The number of hydrogen-bond acceptors (Lipinski definition) is 4. The molecule has 0 N–H and O–H groups in total. The van der Waals surface area contributed by atoms with Gasteiger partial charge >= 0.3 is 6.09 Å². The first-order valence-corrected chi connectivity index (χ1v) is 5.57. The molecule has 1 aliphatic rings. The summed E-state index contributed by atoms with van der Waals surface area (Å²) in [7, 11) is 0. The molecule has 0 spiro atoms. The number of aromatic nitrogens is 1. The zero-order valence-electron chi connectivity index (χ0n) is 8.57. The summed E-state index contributed by atoms with van der Waals surface area (Å²) in [5.74, 6) is -0.306. The molecule has 1 aromatic heterocycles. The number of fused-ring (bicyclic) bond motifs is 1. The van der Waals surface area contributed by atoms with Gasteiger partial charge in [0.15, 0.2) is 0 Å². The van der Waals surface area contributed by atoms with E-state index in [1.807, 2.05) is 0 Å². The highest BCUT2D eigenvalue weighted by atomic mass is 79.9. The van der Waals surface area contributed by atoms with Crippen LogP contribution in [-0.4, -0.2) is 23.6 Å². The molecule has 0 saturated carbocycles. The van der Waals surface area contributed by atoms with Gasteiger partial charge in [-0.25, -0.2) is 9.69 Å². The first-order chi connectivity index (χ1) is 7.63. The Balaban J connectivity index is 2.38. The minimum atomic E-state index is -0.647. The predicted molar refractivity (Wildman–Crippen MR) is 60.1 cm³/mol. The molecule has 0 fully saturated rings. The van der Waals surface area contributed by atoms with Crippen molar-refractivity contribution in [3.05, 3.63) is 22.4 Å². The molecule has 6 heteroatoms. The Morgan fingerprint density at radius 1 is 1.69 bits per heavy atom. The Kier molecular flexibility index (Phi) is 2.91. The standard InChI is InChI=1S/C10H9BrN2O3/c1-2-16-10(15)13-8-3-6(11)5-12-7(8)4-9(13)14/h3,5H,2,4H2,1H3. The molecule has 0 radical (unpaired) electrons.